The lowest BCUT2D eigenvalue weighted by Crippen LogP contribution is -1.99. The first kappa shape index (κ1) is 16.2. The van der Waals surface area contributed by atoms with E-state index in [0.29, 0.717) is 13.0 Å². The fourth-order valence-electron chi connectivity index (χ4n) is 1.70. The predicted molar refractivity (Wildman–Crippen MR) is 80.8 cm³/mol. The normalized spacial score (nSPS) is 10.6. The van der Waals surface area contributed by atoms with Gasteiger partial charge < -0.3 is 9.92 Å². The van der Waals surface area contributed by atoms with Crippen LogP contribution in [0.2, 0.25) is 0 Å². The molecule has 2 N–H and O–H groups in total. The molecular formula is C15H23NO2S. The maximum Gasteiger partial charge on any atom is 0.215 e. The summed E-state index contributed by atoms with van der Waals surface area (Å²) in [5.41, 5.74) is 6.60. The number of hydrogen-bond acceptors (Lipinski definition) is 4. The van der Waals surface area contributed by atoms with Gasteiger partial charge in [-0.3, -0.25) is 4.79 Å². The van der Waals surface area contributed by atoms with Crippen molar-refractivity contribution in [2.45, 2.75) is 38.5 Å². The second-order valence-electron chi connectivity index (χ2n) is 4.47. The van der Waals surface area contributed by atoms with E-state index in [2.05, 4.69) is 0 Å². The van der Waals surface area contributed by atoms with E-state index >= 15 is 0 Å². The molecule has 0 aromatic heterocycles. The first-order valence-electron chi connectivity index (χ1n) is 6.89. The minimum Gasteiger partial charge on any atom is -0.330 e. The molecule has 0 amide bonds. The second kappa shape index (κ2) is 11.0. The number of carbonyl (C=O) groups excluding carboxylic acids is 1. The van der Waals surface area contributed by atoms with Crippen LogP contribution >= 0.6 is 12.0 Å². The summed E-state index contributed by atoms with van der Waals surface area (Å²) >= 11 is 0.996. The van der Waals surface area contributed by atoms with E-state index in [9.17, 15) is 4.79 Å². The van der Waals surface area contributed by atoms with Crippen LogP contribution in [-0.4, -0.2) is 18.3 Å². The van der Waals surface area contributed by atoms with Gasteiger partial charge in [-0.2, -0.15) is 0 Å². The van der Waals surface area contributed by atoms with Crippen molar-refractivity contribution in [3.63, 3.8) is 0 Å². The van der Waals surface area contributed by atoms with Crippen LogP contribution in [-0.2, 0) is 15.4 Å². The lowest BCUT2D eigenvalue weighted by atomic mass is 10.1. The Morgan fingerprint density at radius 2 is 1.84 bits per heavy atom. The van der Waals surface area contributed by atoms with Gasteiger partial charge in [0.25, 0.3) is 0 Å². The van der Waals surface area contributed by atoms with E-state index in [-0.39, 0.29) is 5.12 Å². The zero-order valence-corrected chi connectivity index (χ0v) is 12.2. The molecule has 106 valence electrons. The van der Waals surface area contributed by atoms with E-state index in [0.717, 1.165) is 50.7 Å². The Morgan fingerprint density at radius 1 is 1.11 bits per heavy atom. The van der Waals surface area contributed by atoms with Gasteiger partial charge in [-0.15, -0.1) is 0 Å². The van der Waals surface area contributed by atoms with Crippen LogP contribution in [0.1, 0.15) is 37.7 Å². The average molecular weight is 281 g/mol. The molecule has 1 aromatic rings. The van der Waals surface area contributed by atoms with Crippen LogP contribution < -0.4 is 5.73 Å². The van der Waals surface area contributed by atoms with Crippen molar-refractivity contribution in [1.82, 2.24) is 0 Å². The van der Waals surface area contributed by atoms with Crippen molar-refractivity contribution in [3.8, 4) is 0 Å². The Morgan fingerprint density at radius 3 is 2.58 bits per heavy atom. The Balaban J connectivity index is 1.96. The largest absolute Gasteiger partial charge is 0.330 e. The molecule has 1 rings (SSSR count). The van der Waals surface area contributed by atoms with Gasteiger partial charge in [-0.05, 0) is 31.4 Å². The molecule has 1 aromatic carbocycles. The molecule has 0 saturated heterocycles. The van der Waals surface area contributed by atoms with Crippen LogP contribution in [0, 0.1) is 0 Å². The molecule has 0 aliphatic carbocycles. The molecule has 3 nitrogen and oxygen atoms in total. The van der Waals surface area contributed by atoms with Crippen LogP contribution in [0.15, 0.2) is 30.3 Å². The van der Waals surface area contributed by atoms with Crippen molar-refractivity contribution in [3.05, 3.63) is 35.9 Å². The molecule has 0 aliphatic heterocycles. The Kier molecular flexibility index (Phi) is 9.41. The number of aryl methyl sites for hydroxylation is 1. The third-order valence-corrected chi connectivity index (χ3v) is 3.47. The summed E-state index contributed by atoms with van der Waals surface area (Å²) < 4.78 is 5.30. The molecule has 0 spiro atoms. The summed E-state index contributed by atoms with van der Waals surface area (Å²) in [5.74, 6) is 0. The summed E-state index contributed by atoms with van der Waals surface area (Å²) in [6.07, 6.45) is 5.65. The van der Waals surface area contributed by atoms with Crippen molar-refractivity contribution < 1.29 is 8.98 Å². The predicted octanol–water partition coefficient (Wildman–Crippen LogP) is 3.33. The molecule has 0 fully saturated rings. The first-order chi connectivity index (χ1) is 9.33. The maximum atomic E-state index is 11.6. The lowest BCUT2D eigenvalue weighted by molar-refractivity contribution is -0.111. The van der Waals surface area contributed by atoms with Crippen LogP contribution in [0.4, 0.5) is 0 Å². The average Bonchev–Trinajstić information content (AvgIpc) is 2.45. The Bertz CT molecular complexity index is 343. The SMILES string of the molecule is NCCCCCCOSC(=O)CCc1ccccc1. The fourth-order valence-corrected chi connectivity index (χ4v) is 2.22. The number of carbonyl (C=O) groups is 1. The number of rotatable bonds is 10. The van der Waals surface area contributed by atoms with Gasteiger partial charge in [-0.25, -0.2) is 0 Å². The molecule has 0 unspecified atom stereocenters. The monoisotopic (exact) mass is 281 g/mol. The highest BCUT2D eigenvalue weighted by atomic mass is 32.2. The van der Waals surface area contributed by atoms with Crippen LogP contribution in [0.25, 0.3) is 0 Å². The fraction of sp³-hybridized carbons (Fsp3) is 0.533. The smallest absolute Gasteiger partial charge is 0.215 e. The van der Waals surface area contributed by atoms with E-state index in [1.807, 2.05) is 30.3 Å². The van der Waals surface area contributed by atoms with Crippen molar-refractivity contribution in [2.24, 2.45) is 5.73 Å². The quantitative estimate of drug-likeness (QED) is 0.528. The van der Waals surface area contributed by atoms with Gasteiger partial charge in [0.2, 0.25) is 5.12 Å². The van der Waals surface area contributed by atoms with Gasteiger partial charge in [-0.1, -0.05) is 43.2 Å². The minimum atomic E-state index is 0.103. The summed E-state index contributed by atoms with van der Waals surface area (Å²) in [4.78, 5) is 11.6. The molecule has 0 heterocycles. The van der Waals surface area contributed by atoms with E-state index in [4.69, 9.17) is 9.92 Å². The Hall–Kier alpha value is -0.840. The number of nitrogens with two attached hydrogens (primary N) is 1. The topological polar surface area (TPSA) is 52.3 Å². The lowest BCUT2D eigenvalue weighted by Gasteiger charge is -2.02. The highest BCUT2D eigenvalue weighted by molar-refractivity contribution is 8.09. The molecule has 0 saturated carbocycles. The molecule has 19 heavy (non-hydrogen) atoms. The highest BCUT2D eigenvalue weighted by Crippen LogP contribution is 2.12. The van der Waals surface area contributed by atoms with E-state index < -0.39 is 0 Å². The summed E-state index contributed by atoms with van der Waals surface area (Å²) in [5, 5.41) is 0.103. The molecular weight excluding hydrogens is 258 g/mol. The number of benzene rings is 1. The molecule has 0 aliphatic rings. The van der Waals surface area contributed by atoms with Gasteiger partial charge in [0.05, 0.1) is 18.6 Å². The second-order valence-corrected chi connectivity index (χ2v) is 5.32. The minimum absolute atomic E-state index is 0.103. The van der Waals surface area contributed by atoms with Crippen LogP contribution in [0.5, 0.6) is 0 Å². The highest BCUT2D eigenvalue weighted by Gasteiger charge is 2.04. The summed E-state index contributed by atoms with van der Waals surface area (Å²) in [6, 6.07) is 10.0. The van der Waals surface area contributed by atoms with E-state index in [1.165, 1.54) is 5.56 Å². The molecule has 0 bridgehead atoms. The van der Waals surface area contributed by atoms with Gasteiger partial charge in [0, 0.05) is 6.42 Å². The van der Waals surface area contributed by atoms with Crippen molar-refractivity contribution >= 4 is 17.2 Å². The number of unbranched alkanes of at least 4 members (excludes halogenated alkanes) is 3. The van der Waals surface area contributed by atoms with Crippen molar-refractivity contribution in [1.29, 1.82) is 0 Å². The Labute approximate surface area is 120 Å². The maximum absolute atomic E-state index is 11.6. The molecule has 0 radical (unpaired) electrons. The van der Waals surface area contributed by atoms with E-state index in [1.54, 1.807) is 0 Å². The van der Waals surface area contributed by atoms with Gasteiger partial charge in [0.15, 0.2) is 0 Å². The van der Waals surface area contributed by atoms with Gasteiger partial charge in [0.1, 0.15) is 0 Å². The molecule has 4 heteroatoms. The summed E-state index contributed by atoms with van der Waals surface area (Å²) in [7, 11) is 0. The van der Waals surface area contributed by atoms with Crippen molar-refractivity contribution in [2.75, 3.05) is 13.2 Å². The van der Waals surface area contributed by atoms with Crippen LogP contribution in [0.3, 0.4) is 0 Å². The first-order valence-corrected chi connectivity index (χ1v) is 7.63. The standard InChI is InChI=1S/C15H23NO2S/c16-12-6-1-2-7-13-18-19-15(17)11-10-14-8-4-3-5-9-14/h3-5,8-9H,1-2,6-7,10-13,16H2. The zero-order chi connectivity index (χ0) is 13.8. The summed E-state index contributed by atoms with van der Waals surface area (Å²) in [6.45, 7) is 1.40. The number of hydrogen-bond donors (Lipinski definition) is 1. The third-order valence-electron chi connectivity index (χ3n) is 2.79. The zero-order valence-electron chi connectivity index (χ0n) is 11.3. The third kappa shape index (κ3) is 8.81. The van der Waals surface area contributed by atoms with Gasteiger partial charge >= 0.3 is 0 Å². The molecule has 0 atom stereocenters.